The van der Waals surface area contributed by atoms with Gasteiger partial charge < -0.3 is 0 Å². The monoisotopic (exact) mass is 398 g/mol. The zero-order chi connectivity index (χ0) is 21.0. The van der Waals surface area contributed by atoms with Crippen molar-refractivity contribution in [3.05, 3.63) is 12.2 Å². The molecule has 2 heteroatoms. The largest absolute Gasteiger partial charge is 0.299 e. The predicted molar refractivity (Wildman–Crippen MR) is 118 cm³/mol. The second-order valence-electron chi connectivity index (χ2n) is 11.9. The topological polar surface area (TPSA) is 34.1 Å². The Morgan fingerprint density at radius 2 is 1.83 bits per heavy atom. The van der Waals surface area contributed by atoms with E-state index in [1.165, 1.54) is 38.5 Å². The fourth-order valence-electron chi connectivity index (χ4n) is 8.38. The smallest absolute Gasteiger partial charge is 0.155 e. The molecule has 4 aliphatic carbocycles. The van der Waals surface area contributed by atoms with Gasteiger partial charge in [-0.05, 0) is 97.4 Å². The highest BCUT2D eigenvalue weighted by Crippen LogP contribution is 2.67. The molecule has 0 saturated heterocycles. The van der Waals surface area contributed by atoms with Gasteiger partial charge in [-0.3, -0.25) is 9.59 Å². The fraction of sp³-hybridized carbons (Fsp3) is 0.852. The van der Waals surface area contributed by atoms with E-state index in [4.69, 9.17) is 0 Å². The summed E-state index contributed by atoms with van der Waals surface area (Å²) in [4.78, 5) is 25.0. The predicted octanol–water partition coefficient (Wildman–Crippen LogP) is 6.63. The van der Waals surface area contributed by atoms with Gasteiger partial charge in [-0.1, -0.05) is 40.7 Å². The molecule has 0 radical (unpaired) electrons. The van der Waals surface area contributed by atoms with Gasteiger partial charge in [-0.25, -0.2) is 0 Å². The number of Topliss-reactive ketones (excluding diaryl/α,β-unsaturated/α-hetero) is 1. The van der Waals surface area contributed by atoms with E-state index in [2.05, 4.69) is 40.7 Å². The fourth-order valence-corrected chi connectivity index (χ4v) is 8.38. The Labute approximate surface area is 178 Å². The third kappa shape index (κ3) is 3.47. The highest BCUT2D eigenvalue weighted by atomic mass is 16.1. The van der Waals surface area contributed by atoms with Crippen molar-refractivity contribution >= 4 is 11.6 Å². The van der Waals surface area contributed by atoms with Crippen LogP contribution in [0.5, 0.6) is 0 Å². The van der Waals surface area contributed by atoms with Gasteiger partial charge >= 0.3 is 0 Å². The number of carbonyl (C=O) groups excluding carboxylic acids is 2. The number of rotatable bonds is 5. The Hall–Kier alpha value is -0.920. The van der Waals surface area contributed by atoms with Crippen molar-refractivity contribution in [2.24, 2.45) is 52.3 Å². The van der Waals surface area contributed by atoms with Gasteiger partial charge in [0.05, 0.1) is 0 Å². The molecule has 0 spiro atoms. The Balaban J connectivity index is 1.52. The molecule has 3 saturated carbocycles. The molecule has 0 aromatic rings. The lowest BCUT2D eigenvalue weighted by Crippen LogP contribution is -2.52. The summed E-state index contributed by atoms with van der Waals surface area (Å²) in [5.74, 6) is 5.10. The van der Waals surface area contributed by atoms with Gasteiger partial charge in [-0.15, -0.1) is 0 Å². The molecule has 0 heterocycles. The molecular formula is C27H42O2. The zero-order valence-corrected chi connectivity index (χ0v) is 19.4. The van der Waals surface area contributed by atoms with Crippen LogP contribution in [0, 0.1) is 52.3 Å². The van der Waals surface area contributed by atoms with Gasteiger partial charge in [0.1, 0.15) is 5.78 Å². The average molecular weight is 399 g/mol. The molecule has 29 heavy (non-hydrogen) atoms. The first-order chi connectivity index (χ1) is 13.7. The highest BCUT2D eigenvalue weighted by Gasteiger charge is 2.60. The Morgan fingerprint density at radius 1 is 1.07 bits per heavy atom. The summed E-state index contributed by atoms with van der Waals surface area (Å²) in [6, 6.07) is 0. The SMILES string of the molecule is CC(C)CCC(=O)C(C)[C@H]1CCC2C3CCC4CC(=O)C=C[C@]4(C)C3CC[C@@]21C. The summed E-state index contributed by atoms with van der Waals surface area (Å²) >= 11 is 0. The van der Waals surface area contributed by atoms with E-state index in [0.717, 1.165) is 37.0 Å². The molecule has 4 rings (SSSR count). The number of hydrogen-bond acceptors (Lipinski definition) is 2. The Kier molecular flexibility index (Phi) is 5.62. The van der Waals surface area contributed by atoms with Gasteiger partial charge in [0.25, 0.3) is 0 Å². The van der Waals surface area contributed by atoms with E-state index in [-0.39, 0.29) is 11.3 Å². The molecule has 0 aliphatic heterocycles. The van der Waals surface area contributed by atoms with Crippen LogP contribution >= 0.6 is 0 Å². The zero-order valence-electron chi connectivity index (χ0n) is 19.4. The van der Waals surface area contributed by atoms with Gasteiger partial charge in [0.2, 0.25) is 0 Å². The van der Waals surface area contributed by atoms with E-state index in [0.29, 0.717) is 34.7 Å². The van der Waals surface area contributed by atoms with Crippen molar-refractivity contribution in [3.8, 4) is 0 Å². The second kappa shape index (κ2) is 7.65. The molecule has 0 aromatic heterocycles. The molecule has 0 amide bonds. The molecule has 4 aliphatic rings. The van der Waals surface area contributed by atoms with Crippen molar-refractivity contribution in [3.63, 3.8) is 0 Å². The number of fused-ring (bicyclic) bond motifs is 5. The van der Waals surface area contributed by atoms with Crippen LogP contribution in [0.4, 0.5) is 0 Å². The maximum atomic E-state index is 13.0. The minimum atomic E-state index is 0.217. The van der Waals surface area contributed by atoms with Crippen LogP contribution in [-0.2, 0) is 9.59 Å². The summed E-state index contributed by atoms with van der Waals surface area (Å²) in [7, 11) is 0. The van der Waals surface area contributed by atoms with Crippen molar-refractivity contribution in [2.75, 3.05) is 0 Å². The van der Waals surface area contributed by atoms with Gasteiger partial charge in [-0.2, -0.15) is 0 Å². The normalized spacial score (nSPS) is 44.9. The summed E-state index contributed by atoms with van der Waals surface area (Å²) in [6.07, 6.45) is 14.4. The number of hydrogen-bond donors (Lipinski definition) is 0. The van der Waals surface area contributed by atoms with Crippen LogP contribution in [0.3, 0.4) is 0 Å². The molecular weight excluding hydrogens is 356 g/mol. The minimum Gasteiger partial charge on any atom is -0.299 e. The maximum Gasteiger partial charge on any atom is 0.155 e. The lowest BCUT2D eigenvalue weighted by atomic mass is 9.45. The Morgan fingerprint density at radius 3 is 2.55 bits per heavy atom. The first-order valence-corrected chi connectivity index (χ1v) is 12.4. The van der Waals surface area contributed by atoms with Crippen LogP contribution in [0.25, 0.3) is 0 Å². The molecule has 5 unspecified atom stereocenters. The Bertz CT molecular complexity index is 691. The molecule has 3 fully saturated rings. The number of carbonyl (C=O) groups is 2. The van der Waals surface area contributed by atoms with Crippen LogP contribution < -0.4 is 0 Å². The van der Waals surface area contributed by atoms with Crippen molar-refractivity contribution in [2.45, 2.75) is 92.4 Å². The van der Waals surface area contributed by atoms with Crippen LogP contribution in [-0.4, -0.2) is 11.6 Å². The first-order valence-electron chi connectivity index (χ1n) is 12.4. The highest BCUT2D eigenvalue weighted by molar-refractivity contribution is 5.91. The molecule has 0 aromatic carbocycles. The summed E-state index contributed by atoms with van der Waals surface area (Å²) in [5.41, 5.74) is 0.556. The van der Waals surface area contributed by atoms with Crippen molar-refractivity contribution in [1.29, 1.82) is 0 Å². The number of ketones is 2. The first kappa shape index (κ1) is 21.3. The summed E-state index contributed by atoms with van der Waals surface area (Å²) in [5, 5.41) is 0. The van der Waals surface area contributed by atoms with Crippen LogP contribution in [0.2, 0.25) is 0 Å². The quantitative estimate of drug-likeness (QED) is 0.521. The molecule has 0 bridgehead atoms. The van der Waals surface area contributed by atoms with E-state index >= 15 is 0 Å². The molecule has 8 atom stereocenters. The maximum absolute atomic E-state index is 13.0. The summed E-state index contributed by atoms with van der Waals surface area (Å²) in [6.45, 7) is 11.7. The van der Waals surface area contributed by atoms with Crippen molar-refractivity contribution in [1.82, 2.24) is 0 Å². The standard InChI is InChI=1S/C27H42O2/c1-17(2)6-11-25(29)18(3)22-9-10-23-21-8-7-19-16-20(28)12-14-26(19,4)24(21)13-15-27(22,23)5/h12,14,17-19,21-24H,6-11,13,15-16H2,1-5H3/t18?,19?,21?,22-,23?,24?,26+,27-/m1/s1. The lowest BCUT2D eigenvalue weighted by molar-refractivity contribution is -0.129. The summed E-state index contributed by atoms with van der Waals surface area (Å²) < 4.78 is 0. The van der Waals surface area contributed by atoms with Crippen LogP contribution in [0.1, 0.15) is 92.4 Å². The molecule has 162 valence electrons. The van der Waals surface area contributed by atoms with E-state index in [1.54, 1.807) is 0 Å². The molecule has 2 nitrogen and oxygen atoms in total. The van der Waals surface area contributed by atoms with E-state index in [9.17, 15) is 9.59 Å². The molecule has 0 N–H and O–H groups in total. The average Bonchev–Trinajstić information content (AvgIpc) is 3.03. The lowest BCUT2D eigenvalue weighted by Gasteiger charge is -2.59. The van der Waals surface area contributed by atoms with E-state index < -0.39 is 0 Å². The minimum absolute atomic E-state index is 0.217. The third-order valence-corrected chi connectivity index (χ3v) is 10.2. The third-order valence-electron chi connectivity index (χ3n) is 10.2. The van der Waals surface area contributed by atoms with Crippen LogP contribution in [0.15, 0.2) is 12.2 Å². The van der Waals surface area contributed by atoms with Gasteiger partial charge in [0.15, 0.2) is 5.78 Å². The van der Waals surface area contributed by atoms with Crippen molar-refractivity contribution < 1.29 is 9.59 Å². The number of allylic oxidation sites excluding steroid dienone is 2. The van der Waals surface area contributed by atoms with Gasteiger partial charge in [0, 0.05) is 18.8 Å². The van der Waals surface area contributed by atoms with E-state index in [1.807, 2.05) is 6.08 Å². The second-order valence-corrected chi connectivity index (χ2v) is 11.9.